The SMILES string of the molecule is COCCCn1c(SCc2ncc(-c3ccc(Cl)cc3)o2)n[nH]c1=O. The van der Waals surface area contributed by atoms with E-state index in [9.17, 15) is 4.79 Å². The molecule has 0 fully saturated rings. The molecule has 0 aliphatic heterocycles. The monoisotopic (exact) mass is 380 g/mol. The van der Waals surface area contributed by atoms with E-state index < -0.39 is 0 Å². The van der Waals surface area contributed by atoms with E-state index in [1.54, 1.807) is 30.0 Å². The number of thioether (sulfide) groups is 1. The summed E-state index contributed by atoms with van der Waals surface area (Å²) >= 11 is 7.28. The van der Waals surface area contributed by atoms with E-state index >= 15 is 0 Å². The lowest BCUT2D eigenvalue weighted by atomic mass is 10.2. The van der Waals surface area contributed by atoms with Crippen molar-refractivity contribution in [3.8, 4) is 11.3 Å². The van der Waals surface area contributed by atoms with E-state index in [0.29, 0.717) is 40.7 Å². The number of halogens is 1. The number of ether oxygens (including phenoxy) is 1. The second-order valence-corrected chi connectivity index (χ2v) is 6.60. The molecular formula is C16H17ClN4O3S. The summed E-state index contributed by atoms with van der Waals surface area (Å²) in [4.78, 5) is 16.1. The largest absolute Gasteiger partial charge is 0.440 e. The summed E-state index contributed by atoms with van der Waals surface area (Å²) in [7, 11) is 1.63. The van der Waals surface area contributed by atoms with Gasteiger partial charge in [-0.05, 0) is 30.7 Å². The fourth-order valence-corrected chi connectivity index (χ4v) is 3.18. The highest BCUT2D eigenvalue weighted by Gasteiger charge is 2.12. The number of aromatic amines is 1. The van der Waals surface area contributed by atoms with Crippen LogP contribution in [0.5, 0.6) is 0 Å². The molecule has 25 heavy (non-hydrogen) atoms. The normalized spacial score (nSPS) is 11.1. The van der Waals surface area contributed by atoms with Crippen molar-refractivity contribution in [3.05, 3.63) is 51.9 Å². The number of nitrogens with one attached hydrogen (secondary N) is 1. The van der Waals surface area contributed by atoms with Gasteiger partial charge in [-0.2, -0.15) is 0 Å². The van der Waals surface area contributed by atoms with E-state index in [4.69, 9.17) is 20.8 Å². The van der Waals surface area contributed by atoms with Crippen molar-refractivity contribution < 1.29 is 9.15 Å². The highest BCUT2D eigenvalue weighted by molar-refractivity contribution is 7.98. The Hall–Kier alpha value is -2.03. The maximum absolute atomic E-state index is 11.8. The number of nitrogens with zero attached hydrogens (tertiary/aromatic N) is 3. The second kappa shape index (κ2) is 8.37. The van der Waals surface area contributed by atoms with Gasteiger partial charge in [-0.25, -0.2) is 14.9 Å². The highest BCUT2D eigenvalue weighted by Crippen LogP contribution is 2.25. The van der Waals surface area contributed by atoms with Crippen LogP contribution in [0.2, 0.25) is 5.02 Å². The minimum Gasteiger partial charge on any atom is -0.440 e. The topological polar surface area (TPSA) is 85.9 Å². The third-order valence-electron chi connectivity index (χ3n) is 3.46. The summed E-state index contributed by atoms with van der Waals surface area (Å²) in [5, 5.41) is 7.79. The van der Waals surface area contributed by atoms with Gasteiger partial charge in [0.2, 0.25) is 5.89 Å². The summed E-state index contributed by atoms with van der Waals surface area (Å²) in [6.07, 6.45) is 2.42. The Morgan fingerprint density at radius 2 is 2.16 bits per heavy atom. The Kier molecular flexibility index (Phi) is 5.95. The van der Waals surface area contributed by atoms with E-state index in [1.807, 2.05) is 12.1 Å². The van der Waals surface area contributed by atoms with Crippen LogP contribution in [-0.4, -0.2) is 33.5 Å². The Labute approximate surface area is 153 Å². The first-order valence-corrected chi connectivity index (χ1v) is 9.01. The Balaban J connectivity index is 1.65. The zero-order valence-corrected chi connectivity index (χ0v) is 15.1. The number of rotatable bonds is 8. The summed E-state index contributed by atoms with van der Waals surface area (Å²) in [5.74, 6) is 1.71. The quantitative estimate of drug-likeness (QED) is 0.477. The van der Waals surface area contributed by atoms with Crippen molar-refractivity contribution in [2.24, 2.45) is 0 Å². The highest BCUT2D eigenvalue weighted by atomic mass is 35.5. The fourth-order valence-electron chi connectivity index (χ4n) is 2.23. The van der Waals surface area contributed by atoms with Crippen LogP contribution in [0.4, 0.5) is 0 Å². The van der Waals surface area contributed by atoms with Crippen molar-refractivity contribution in [2.75, 3.05) is 13.7 Å². The average molecular weight is 381 g/mol. The molecule has 0 atom stereocenters. The number of aromatic nitrogens is 4. The molecule has 7 nitrogen and oxygen atoms in total. The number of benzene rings is 1. The fraction of sp³-hybridized carbons (Fsp3) is 0.312. The Morgan fingerprint density at radius 3 is 2.92 bits per heavy atom. The molecule has 0 saturated carbocycles. The van der Waals surface area contributed by atoms with Gasteiger partial charge in [0.1, 0.15) is 0 Å². The van der Waals surface area contributed by atoms with Gasteiger partial charge >= 0.3 is 5.69 Å². The van der Waals surface area contributed by atoms with Crippen molar-refractivity contribution in [1.82, 2.24) is 19.7 Å². The molecule has 0 aliphatic carbocycles. The molecule has 3 rings (SSSR count). The van der Waals surface area contributed by atoms with Crippen molar-refractivity contribution in [3.63, 3.8) is 0 Å². The smallest absolute Gasteiger partial charge is 0.343 e. The zero-order valence-electron chi connectivity index (χ0n) is 13.6. The number of oxazole rings is 1. The number of hydrogen-bond acceptors (Lipinski definition) is 6. The van der Waals surface area contributed by atoms with Gasteiger partial charge in [0.25, 0.3) is 0 Å². The summed E-state index contributed by atoms with van der Waals surface area (Å²) in [6, 6.07) is 7.36. The van der Waals surface area contributed by atoms with Gasteiger partial charge < -0.3 is 9.15 Å². The van der Waals surface area contributed by atoms with E-state index in [0.717, 1.165) is 12.0 Å². The van der Waals surface area contributed by atoms with Gasteiger partial charge in [0.05, 0.1) is 11.9 Å². The van der Waals surface area contributed by atoms with Gasteiger partial charge in [0, 0.05) is 30.8 Å². The molecule has 132 valence electrons. The molecular weight excluding hydrogens is 364 g/mol. The predicted octanol–water partition coefficient (Wildman–Crippen LogP) is 3.21. The van der Waals surface area contributed by atoms with Crippen LogP contribution in [0.1, 0.15) is 12.3 Å². The second-order valence-electron chi connectivity index (χ2n) is 5.22. The summed E-state index contributed by atoms with van der Waals surface area (Å²) < 4.78 is 12.4. The lowest BCUT2D eigenvalue weighted by Gasteiger charge is -2.03. The first-order chi connectivity index (χ1) is 12.2. The van der Waals surface area contributed by atoms with Crippen LogP contribution in [0.3, 0.4) is 0 Å². The minimum atomic E-state index is -0.229. The van der Waals surface area contributed by atoms with Crippen molar-refractivity contribution in [1.29, 1.82) is 0 Å². The first-order valence-electron chi connectivity index (χ1n) is 7.65. The first kappa shape index (κ1) is 17.8. The summed E-state index contributed by atoms with van der Waals surface area (Å²) in [5.41, 5.74) is 0.678. The van der Waals surface area contributed by atoms with Crippen molar-refractivity contribution in [2.45, 2.75) is 23.9 Å². The maximum Gasteiger partial charge on any atom is 0.343 e. The van der Waals surface area contributed by atoms with Gasteiger partial charge in [0.15, 0.2) is 10.9 Å². The van der Waals surface area contributed by atoms with E-state index in [-0.39, 0.29) is 5.69 Å². The van der Waals surface area contributed by atoms with Gasteiger partial charge in [-0.3, -0.25) is 4.57 Å². The molecule has 9 heteroatoms. The van der Waals surface area contributed by atoms with Crippen LogP contribution in [0, 0.1) is 0 Å². The molecule has 3 aromatic rings. The van der Waals surface area contributed by atoms with Crippen LogP contribution < -0.4 is 5.69 Å². The van der Waals surface area contributed by atoms with Crippen LogP contribution in [0.25, 0.3) is 11.3 Å². The van der Waals surface area contributed by atoms with E-state index in [2.05, 4.69) is 15.2 Å². The third-order valence-corrected chi connectivity index (χ3v) is 4.67. The van der Waals surface area contributed by atoms with Crippen molar-refractivity contribution >= 4 is 23.4 Å². The number of methoxy groups -OCH3 is 1. The average Bonchev–Trinajstić information content (AvgIpc) is 3.22. The Bertz CT molecular complexity index is 872. The van der Waals surface area contributed by atoms with Crippen LogP contribution in [-0.2, 0) is 17.0 Å². The lowest BCUT2D eigenvalue weighted by Crippen LogP contribution is -2.18. The molecule has 2 aromatic heterocycles. The van der Waals surface area contributed by atoms with Gasteiger partial charge in [-0.1, -0.05) is 23.4 Å². The minimum absolute atomic E-state index is 0.229. The third kappa shape index (κ3) is 4.53. The molecule has 0 saturated heterocycles. The van der Waals surface area contributed by atoms with Crippen LogP contribution in [0.15, 0.2) is 44.8 Å². The van der Waals surface area contributed by atoms with E-state index in [1.165, 1.54) is 11.8 Å². The Morgan fingerprint density at radius 1 is 1.36 bits per heavy atom. The molecule has 0 bridgehead atoms. The predicted molar refractivity (Wildman–Crippen MR) is 95.9 cm³/mol. The maximum atomic E-state index is 11.8. The van der Waals surface area contributed by atoms with Crippen LogP contribution >= 0.6 is 23.4 Å². The standard InChI is InChI=1S/C16H17ClN4O3S/c1-23-8-2-7-21-15(22)19-20-16(21)25-10-14-18-9-13(24-14)11-3-5-12(17)6-4-11/h3-6,9H,2,7-8,10H2,1H3,(H,19,22). The molecule has 0 aliphatic rings. The zero-order chi connectivity index (χ0) is 17.6. The lowest BCUT2D eigenvalue weighted by molar-refractivity contribution is 0.189. The number of hydrogen-bond donors (Lipinski definition) is 1. The molecule has 1 N–H and O–H groups in total. The molecule has 0 amide bonds. The molecule has 2 heterocycles. The summed E-state index contributed by atoms with van der Waals surface area (Å²) in [6.45, 7) is 1.14. The molecule has 1 aromatic carbocycles. The van der Waals surface area contributed by atoms with Gasteiger partial charge in [-0.15, -0.1) is 5.10 Å². The number of H-pyrrole nitrogens is 1. The molecule has 0 spiro atoms. The molecule has 0 unspecified atom stereocenters. The molecule has 0 radical (unpaired) electrons.